The lowest BCUT2D eigenvalue weighted by atomic mass is 9.93. The van der Waals surface area contributed by atoms with Crippen molar-refractivity contribution >= 4 is 27.3 Å². The van der Waals surface area contributed by atoms with Crippen LogP contribution in [0.4, 0.5) is 8.78 Å². The predicted molar refractivity (Wildman–Crippen MR) is 176 cm³/mol. The molecule has 1 saturated carbocycles. The number of pyridine rings is 1. The van der Waals surface area contributed by atoms with Gasteiger partial charge in [0.25, 0.3) is 0 Å². The maximum Gasteiger partial charge on any atom is 0.246 e. The third-order valence-corrected chi connectivity index (χ3v) is 10.3. The molecular weight excluding hydrogens is 604 g/mol. The molecule has 0 bridgehead atoms. The Labute approximate surface area is 269 Å². The van der Waals surface area contributed by atoms with Crippen LogP contribution in [-0.4, -0.2) is 56.7 Å². The van der Waals surface area contributed by atoms with E-state index in [1.54, 1.807) is 4.90 Å². The number of benzene rings is 2. The van der Waals surface area contributed by atoms with E-state index in [1.807, 2.05) is 29.1 Å². The normalized spacial score (nSPS) is 18.0. The van der Waals surface area contributed by atoms with Crippen LogP contribution in [0.15, 0.2) is 60.5 Å². The number of nitrogens with zero attached hydrogens (tertiary/aromatic N) is 5. The fraction of sp³-hybridized carbons (Fsp3) is 0.306. The van der Waals surface area contributed by atoms with Crippen molar-refractivity contribution in [3.05, 3.63) is 89.0 Å². The Morgan fingerprint density at radius 2 is 1.89 bits per heavy atom. The van der Waals surface area contributed by atoms with Gasteiger partial charge in [0, 0.05) is 53.0 Å². The number of carbonyl (C=O) groups is 1. The van der Waals surface area contributed by atoms with Gasteiger partial charge in [-0.3, -0.25) is 9.48 Å². The molecule has 3 aromatic heterocycles. The number of ether oxygens (including phenoxy) is 1. The molecule has 7 nitrogen and oxygen atoms in total. The fourth-order valence-corrected chi connectivity index (χ4v) is 7.74. The standard InChI is InChI=1S/C36H33F2N5O2S/c1-4-31(44)42-12-13-43-29(20(42)2)18-28(40-43)35-33(32-27(38)16-24(37)17-30(32)45-25-7-8-25)36-26(10-14-46-36)34(39-35)22-5-6-23-19-41(3)11-9-21(23)15-22/h4-6,10,14-18,20,25H,1,7-9,11-13,19H2,2-3H3. The Balaban J connectivity index is 1.37. The molecular formula is C36H33F2N5O2S. The zero-order valence-corrected chi connectivity index (χ0v) is 26.5. The molecule has 10 heteroatoms. The van der Waals surface area contributed by atoms with Gasteiger partial charge in [0.05, 0.1) is 35.6 Å². The maximum absolute atomic E-state index is 16.1. The molecule has 46 heavy (non-hydrogen) atoms. The van der Waals surface area contributed by atoms with E-state index in [-0.39, 0.29) is 29.4 Å². The molecule has 234 valence electrons. The van der Waals surface area contributed by atoms with Gasteiger partial charge in [0.2, 0.25) is 5.91 Å². The summed E-state index contributed by atoms with van der Waals surface area (Å²) in [6.07, 6.45) is 3.89. The number of hydrogen-bond donors (Lipinski definition) is 0. The summed E-state index contributed by atoms with van der Waals surface area (Å²) in [5.74, 6) is -1.37. The molecule has 2 aliphatic heterocycles. The van der Waals surface area contributed by atoms with Crippen LogP contribution in [-0.2, 0) is 24.3 Å². The lowest BCUT2D eigenvalue weighted by Crippen LogP contribution is -2.40. The van der Waals surface area contributed by atoms with E-state index in [1.165, 1.54) is 34.6 Å². The Morgan fingerprint density at radius 1 is 1.04 bits per heavy atom. The summed E-state index contributed by atoms with van der Waals surface area (Å²) in [6, 6.07) is 12.4. The highest BCUT2D eigenvalue weighted by atomic mass is 32.1. The molecule has 1 fully saturated rings. The molecule has 5 aromatic rings. The molecule has 0 spiro atoms. The van der Waals surface area contributed by atoms with E-state index in [0.29, 0.717) is 30.0 Å². The molecule has 1 atom stereocenters. The fourth-order valence-electron chi connectivity index (χ4n) is 6.79. The highest BCUT2D eigenvalue weighted by molar-refractivity contribution is 7.18. The van der Waals surface area contributed by atoms with Crippen molar-refractivity contribution in [1.82, 2.24) is 24.6 Å². The van der Waals surface area contributed by atoms with Crippen LogP contribution in [0.3, 0.4) is 0 Å². The quantitative estimate of drug-likeness (QED) is 0.182. The zero-order chi connectivity index (χ0) is 31.7. The van der Waals surface area contributed by atoms with Gasteiger partial charge in [-0.05, 0) is 74.0 Å². The van der Waals surface area contributed by atoms with Crippen LogP contribution < -0.4 is 4.74 Å². The van der Waals surface area contributed by atoms with Gasteiger partial charge in [0.1, 0.15) is 28.8 Å². The monoisotopic (exact) mass is 637 g/mol. The second-order valence-corrected chi connectivity index (χ2v) is 13.4. The molecule has 1 amide bonds. The molecule has 1 unspecified atom stereocenters. The van der Waals surface area contributed by atoms with Crippen molar-refractivity contribution in [3.8, 4) is 39.5 Å². The summed E-state index contributed by atoms with van der Waals surface area (Å²) in [7, 11) is 2.13. The first kappa shape index (κ1) is 29.0. The number of thiophene rings is 1. The lowest BCUT2D eigenvalue weighted by molar-refractivity contribution is -0.129. The Kier molecular flexibility index (Phi) is 7.02. The summed E-state index contributed by atoms with van der Waals surface area (Å²) < 4.78 is 39.6. The summed E-state index contributed by atoms with van der Waals surface area (Å²) in [4.78, 5) is 22.0. The van der Waals surface area contributed by atoms with Crippen molar-refractivity contribution in [1.29, 1.82) is 0 Å². The molecule has 8 rings (SSSR count). The van der Waals surface area contributed by atoms with Crippen molar-refractivity contribution in [2.45, 2.75) is 51.4 Å². The van der Waals surface area contributed by atoms with Crippen molar-refractivity contribution in [3.63, 3.8) is 0 Å². The number of fused-ring (bicyclic) bond motifs is 3. The second kappa shape index (κ2) is 11.1. The largest absolute Gasteiger partial charge is 0.490 e. The van der Waals surface area contributed by atoms with E-state index in [0.717, 1.165) is 65.5 Å². The minimum atomic E-state index is -0.709. The van der Waals surface area contributed by atoms with Crippen molar-refractivity contribution < 1.29 is 18.3 Å². The number of amides is 1. The number of rotatable bonds is 6. The zero-order valence-electron chi connectivity index (χ0n) is 25.7. The number of likely N-dealkylation sites (N-methyl/N-ethyl adjacent to an activating group) is 1. The van der Waals surface area contributed by atoms with E-state index < -0.39 is 11.6 Å². The van der Waals surface area contributed by atoms with Crippen LogP contribution in [0.2, 0.25) is 0 Å². The Morgan fingerprint density at radius 3 is 2.70 bits per heavy atom. The smallest absolute Gasteiger partial charge is 0.246 e. The van der Waals surface area contributed by atoms with E-state index in [4.69, 9.17) is 14.8 Å². The van der Waals surface area contributed by atoms with E-state index in [2.05, 4.69) is 36.7 Å². The minimum Gasteiger partial charge on any atom is -0.490 e. The van der Waals surface area contributed by atoms with Gasteiger partial charge in [-0.2, -0.15) is 5.10 Å². The van der Waals surface area contributed by atoms with Crippen LogP contribution in [0.1, 0.15) is 42.6 Å². The molecule has 0 radical (unpaired) electrons. The summed E-state index contributed by atoms with van der Waals surface area (Å²) >= 11 is 1.49. The van der Waals surface area contributed by atoms with Gasteiger partial charge in [0.15, 0.2) is 0 Å². The van der Waals surface area contributed by atoms with Gasteiger partial charge in [-0.25, -0.2) is 13.8 Å². The number of hydrogen-bond acceptors (Lipinski definition) is 6. The summed E-state index contributed by atoms with van der Waals surface area (Å²) in [6.45, 7) is 8.51. The highest BCUT2D eigenvalue weighted by Crippen LogP contribution is 2.48. The topological polar surface area (TPSA) is 63.5 Å². The number of halogens is 2. The maximum atomic E-state index is 16.1. The number of carbonyl (C=O) groups excluding carboxylic acids is 1. The summed E-state index contributed by atoms with van der Waals surface area (Å²) in [5, 5.41) is 7.86. The molecule has 3 aliphatic rings. The van der Waals surface area contributed by atoms with Crippen LogP contribution >= 0.6 is 11.3 Å². The molecule has 5 heterocycles. The molecule has 2 aromatic carbocycles. The highest BCUT2D eigenvalue weighted by Gasteiger charge is 2.33. The first-order valence-electron chi connectivity index (χ1n) is 15.7. The van der Waals surface area contributed by atoms with Gasteiger partial charge < -0.3 is 14.5 Å². The first-order valence-corrected chi connectivity index (χ1v) is 16.6. The average molecular weight is 638 g/mol. The molecule has 1 aliphatic carbocycles. The number of aromatic nitrogens is 3. The average Bonchev–Trinajstić information content (AvgIpc) is 3.52. The van der Waals surface area contributed by atoms with Crippen molar-refractivity contribution in [2.75, 3.05) is 20.1 Å². The van der Waals surface area contributed by atoms with Crippen LogP contribution in [0, 0.1) is 11.6 Å². The third-order valence-electron chi connectivity index (χ3n) is 9.34. The van der Waals surface area contributed by atoms with Crippen molar-refractivity contribution in [2.24, 2.45) is 0 Å². The Bertz CT molecular complexity index is 2050. The predicted octanol–water partition coefficient (Wildman–Crippen LogP) is 7.39. The van der Waals surface area contributed by atoms with E-state index in [9.17, 15) is 9.18 Å². The summed E-state index contributed by atoms with van der Waals surface area (Å²) in [5.41, 5.74) is 6.99. The Hall–Kier alpha value is -4.41. The molecule has 0 N–H and O–H groups in total. The SMILES string of the molecule is C=CC(=O)N1CCn2nc(-c3nc(-c4ccc5c(c4)CCN(C)C5)c4ccsc4c3-c3c(F)cc(F)cc3OC3CC3)cc2C1C. The van der Waals surface area contributed by atoms with Gasteiger partial charge >= 0.3 is 0 Å². The lowest BCUT2D eigenvalue weighted by Gasteiger charge is -2.33. The minimum absolute atomic E-state index is 0.0712. The van der Waals surface area contributed by atoms with E-state index >= 15 is 4.39 Å². The van der Waals surface area contributed by atoms with Crippen LogP contribution in [0.5, 0.6) is 5.75 Å². The molecule has 0 saturated heterocycles. The third kappa shape index (κ3) is 4.91. The van der Waals surface area contributed by atoms with Crippen LogP contribution in [0.25, 0.3) is 43.9 Å². The van der Waals surface area contributed by atoms with Gasteiger partial charge in [-0.1, -0.05) is 18.7 Å². The second-order valence-electron chi connectivity index (χ2n) is 12.5. The first-order chi connectivity index (χ1) is 22.3. The van der Waals surface area contributed by atoms with Gasteiger partial charge in [-0.15, -0.1) is 11.3 Å².